The van der Waals surface area contributed by atoms with E-state index in [0.29, 0.717) is 24.0 Å². The van der Waals surface area contributed by atoms with Gasteiger partial charge in [-0.25, -0.2) is 4.79 Å². The molecule has 0 saturated heterocycles. The van der Waals surface area contributed by atoms with Crippen molar-refractivity contribution < 1.29 is 14.3 Å². The van der Waals surface area contributed by atoms with Gasteiger partial charge in [0.25, 0.3) is 0 Å². The normalized spacial score (nSPS) is 15.4. The van der Waals surface area contributed by atoms with Crippen LogP contribution >= 0.6 is 0 Å². The molecule has 0 atom stereocenters. The van der Waals surface area contributed by atoms with Crippen LogP contribution in [-0.2, 0) is 14.3 Å². The van der Waals surface area contributed by atoms with E-state index in [9.17, 15) is 9.59 Å². The Labute approximate surface area is 93.7 Å². The molecule has 0 fully saturated rings. The van der Waals surface area contributed by atoms with Crippen molar-refractivity contribution in [3.8, 4) is 0 Å². The highest BCUT2D eigenvalue weighted by Crippen LogP contribution is 2.31. The number of hydrogen-bond acceptors (Lipinski definition) is 3. The maximum absolute atomic E-state index is 11.7. The molecule has 0 N–H and O–H groups in total. The van der Waals surface area contributed by atoms with E-state index in [2.05, 4.69) is 4.74 Å². The molecule has 0 bridgehead atoms. The zero-order valence-electron chi connectivity index (χ0n) is 9.03. The van der Waals surface area contributed by atoms with Crippen molar-refractivity contribution in [1.29, 1.82) is 0 Å². The van der Waals surface area contributed by atoms with Gasteiger partial charge in [-0.05, 0) is 12.0 Å². The minimum Gasteiger partial charge on any atom is -0.466 e. The molecule has 3 nitrogen and oxygen atoms in total. The fourth-order valence-corrected chi connectivity index (χ4v) is 1.92. The highest BCUT2D eigenvalue weighted by Gasteiger charge is 2.28. The van der Waals surface area contributed by atoms with Crippen LogP contribution in [0.15, 0.2) is 35.9 Å². The molecule has 0 amide bonds. The van der Waals surface area contributed by atoms with E-state index in [1.54, 1.807) is 0 Å². The molecule has 1 aliphatic rings. The van der Waals surface area contributed by atoms with Gasteiger partial charge in [0, 0.05) is 17.6 Å². The van der Waals surface area contributed by atoms with Crippen molar-refractivity contribution in [3.63, 3.8) is 0 Å². The van der Waals surface area contributed by atoms with Crippen molar-refractivity contribution in [2.75, 3.05) is 7.11 Å². The summed E-state index contributed by atoms with van der Waals surface area (Å²) in [5.41, 5.74) is 1.82. The Morgan fingerprint density at radius 3 is 2.50 bits per heavy atom. The lowest BCUT2D eigenvalue weighted by atomic mass is 10.0. The Kier molecular flexibility index (Phi) is 2.86. The molecule has 1 aromatic carbocycles. The van der Waals surface area contributed by atoms with Gasteiger partial charge in [0.1, 0.15) is 0 Å². The summed E-state index contributed by atoms with van der Waals surface area (Å²) in [5.74, 6) is -0.378. The summed E-state index contributed by atoms with van der Waals surface area (Å²) in [6.07, 6.45) is 0.879. The number of ketones is 1. The SMILES string of the molecule is COC(=O)C1=C(c2ccccc2)C(=O)CC1. The molecule has 0 aromatic heterocycles. The molecule has 0 radical (unpaired) electrons. The average molecular weight is 216 g/mol. The maximum Gasteiger partial charge on any atom is 0.334 e. The van der Waals surface area contributed by atoms with Crippen LogP contribution in [0.2, 0.25) is 0 Å². The number of benzene rings is 1. The molecule has 3 heteroatoms. The molecule has 1 aliphatic carbocycles. The largest absolute Gasteiger partial charge is 0.466 e. The maximum atomic E-state index is 11.7. The molecule has 0 saturated carbocycles. The molecular weight excluding hydrogens is 204 g/mol. The molecule has 0 unspecified atom stereocenters. The molecular formula is C13H12O3. The van der Waals surface area contributed by atoms with E-state index < -0.39 is 5.97 Å². The number of rotatable bonds is 2. The summed E-state index contributed by atoms with van der Waals surface area (Å²) in [7, 11) is 1.33. The van der Waals surface area contributed by atoms with E-state index in [1.807, 2.05) is 30.3 Å². The molecule has 0 aliphatic heterocycles. The van der Waals surface area contributed by atoms with Gasteiger partial charge in [0.2, 0.25) is 0 Å². The van der Waals surface area contributed by atoms with Gasteiger partial charge in [-0.3, -0.25) is 4.79 Å². The predicted octanol–water partition coefficient (Wildman–Crippen LogP) is 1.98. The first kappa shape index (κ1) is 10.6. The Morgan fingerprint density at radius 2 is 1.88 bits per heavy atom. The fraction of sp³-hybridized carbons (Fsp3) is 0.231. The topological polar surface area (TPSA) is 43.4 Å². The number of carbonyl (C=O) groups excluding carboxylic acids is 2. The van der Waals surface area contributed by atoms with Gasteiger partial charge in [-0.1, -0.05) is 30.3 Å². The van der Waals surface area contributed by atoms with E-state index in [4.69, 9.17) is 0 Å². The quantitative estimate of drug-likeness (QED) is 0.710. The van der Waals surface area contributed by atoms with Gasteiger partial charge in [0.15, 0.2) is 5.78 Å². The minimum absolute atomic E-state index is 0.0200. The minimum atomic E-state index is -0.398. The summed E-state index contributed by atoms with van der Waals surface area (Å²) in [5, 5.41) is 0. The van der Waals surface area contributed by atoms with E-state index in [1.165, 1.54) is 7.11 Å². The predicted molar refractivity (Wildman–Crippen MR) is 59.6 cm³/mol. The van der Waals surface area contributed by atoms with Gasteiger partial charge >= 0.3 is 5.97 Å². The van der Waals surface area contributed by atoms with Gasteiger partial charge < -0.3 is 4.74 Å². The first-order valence-electron chi connectivity index (χ1n) is 5.14. The van der Waals surface area contributed by atoms with Crippen molar-refractivity contribution in [2.45, 2.75) is 12.8 Å². The summed E-state index contributed by atoms with van der Waals surface area (Å²) >= 11 is 0. The van der Waals surface area contributed by atoms with Crippen LogP contribution in [0.25, 0.3) is 5.57 Å². The number of carbonyl (C=O) groups is 2. The number of ether oxygens (including phenoxy) is 1. The third-order valence-corrected chi connectivity index (χ3v) is 2.68. The highest BCUT2D eigenvalue weighted by atomic mass is 16.5. The van der Waals surface area contributed by atoms with Crippen molar-refractivity contribution in [1.82, 2.24) is 0 Å². The van der Waals surface area contributed by atoms with Crippen molar-refractivity contribution in [2.24, 2.45) is 0 Å². The van der Waals surface area contributed by atoms with E-state index in [0.717, 1.165) is 5.56 Å². The third-order valence-electron chi connectivity index (χ3n) is 2.68. The Bertz CT molecular complexity index is 457. The van der Waals surface area contributed by atoms with Gasteiger partial charge in [-0.15, -0.1) is 0 Å². The standard InChI is InChI=1S/C13H12O3/c1-16-13(15)10-7-8-11(14)12(10)9-5-3-2-4-6-9/h2-6H,7-8H2,1H3. The molecule has 0 spiro atoms. The second-order valence-corrected chi connectivity index (χ2v) is 3.63. The molecule has 0 heterocycles. The zero-order chi connectivity index (χ0) is 11.5. The lowest BCUT2D eigenvalue weighted by molar-refractivity contribution is -0.136. The molecule has 82 valence electrons. The van der Waals surface area contributed by atoms with Crippen LogP contribution in [0.1, 0.15) is 18.4 Å². The van der Waals surface area contributed by atoms with Crippen molar-refractivity contribution in [3.05, 3.63) is 41.5 Å². The Balaban J connectivity index is 2.50. The van der Waals surface area contributed by atoms with Crippen LogP contribution in [0.5, 0.6) is 0 Å². The Morgan fingerprint density at radius 1 is 1.19 bits per heavy atom. The van der Waals surface area contributed by atoms with Gasteiger partial charge in [-0.2, -0.15) is 0 Å². The molecule has 2 rings (SSSR count). The summed E-state index contributed by atoms with van der Waals surface area (Å²) in [4.78, 5) is 23.3. The van der Waals surface area contributed by atoms with E-state index >= 15 is 0 Å². The van der Waals surface area contributed by atoms with Crippen LogP contribution < -0.4 is 0 Å². The number of Topliss-reactive ketones (excluding diaryl/α,β-unsaturated/α-hetero) is 1. The summed E-state index contributed by atoms with van der Waals surface area (Å²) in [6.45, 7) is 0. The first-order chi connectivity index (χ1) is 7.74. The average Bonchev–Trinajstić information content (AvgIpc) is 2.71. The fourth-order valence-electron chi connectivity index (χ4n) is 1.92. The number of hydrogen-bond donors (Lipinski definition) is 0. The molecule has 16 heavy (non-hydrogen) atoms. The second kappa shape index (κ2) is 4.31. The second-order valence-electron chi connectivity index (χ2n) is 3.63. The lowest BCUT2D eigenvalue weighted by Crippen LogP contribution is -2.05. The highest BCUT2D eigenvalue weighted by molar-refractivity contribution is 6.28. The van der Waals surface area contributed by atoms with Crippen LogP contribution in [-0.4, -0.2) is 18.9 Å². The number of allylic oxidation sites excluding steroid dienone is 1. The summed E-state index contributed by atoms with van der Waals surface area (Å²) in [6, 6.07) is 9.25. The monoisotopic (exact) mass is 216 g/mol. The number of methoxy groups -OCH3 is 1. The molecule has 1 aromatic rings. The Hall–Kier alpha value is -1.90. The van der Waals surface area contributed by atoms with Crippen LogP contribution in [0, 0.1) is 0 Å². The smallest absolute Gasteiger partial charge is 0.334 e. The van der Waals surface area contributed by atoms with Crippen LogP contribution in [0.3, 0.4) is 0 Å². The first-order valence-corrected chi connectivity index (χ1v) is 5.14. The number of esters is 1. The van der Waals surface area contributed by atoms with E-state index in [-0.39, 0.29) is 5.78 Å². The third kappa shape index (κ3) is 1.76. The van der Waals surface area contributed by atoms with Crippen LogP contribution in [0.4, 0.5) is 0 Å². The van der Waals surface area contributed by atoms with Crippen molar-refractivity contribution >= 4 is 17.3 Å². The van der Waals surface area contributed by atoms with Gasteiger partial charge in [0.05, 0.1) is 7.11 Å². The zero-order valence-corrected chi connectivity index (χ0v) is 9.03. The summed E-state index contributed by atoms with van der Waals surface area (Å²) < 4.78 is 4.69. The lowest BCUT2D eigenvalue weighted by Gasteiger charge is -2.04.